The number of aliphatic hydroxyl groups is 1. The van der Waals surface area contributed by atoms with Gasteiger partial charge >= 0.3 is 18.0 Å². The molecule has 0 aromatic rings. The third-order valence-corrected chi connectivity index (χ3v) is 2.22. The summed E-state index contributed by atoms with van der Waals surface area (Å²) in [6.45, 7) is -0.574. The molecule has 0 aromatic carbocycles. The smallest absolute Gasteiger partial charge is 0.323 e. The summed E-state index contributed by atoms with van der Waals surface area (Å²) in [6.07, 6.45) is 2.17. The second kappa shape index (κ2) is 6.43. The van der Waals surface area contributed by atoms with Crippen LogP contribution in [0.4, 0.5) is 4.79 Å². The lowest BCUT2D eigenvalue weighted by Crippen LogP contribution is -2.38. The average molecular weight is 270 g/mol. The first-order valence-corrected chi connectivity index (χ1v) is 5.50. The maximum absolute atomic E-state index is 11.3. The molecular weight excluding hydrogens is 256 g/mol. The fourth-order valence-electron chi connectivity index (χ4n) is 1.21. The topological polar surface area (TPSA) is 136 Å². The second-order valence-electron chi connectivity index (χ2n) is 3.87. The lowest BCUT2D eigenvalue weighted by molar-refractivity contribution is -0.136. The number of urea groups is 1. The lowest BCUT2D eigenvalue weighted by Gasteiger charge is -2.09. The van der Waals surface area contributed by atoms with Crippen LogP contribution in [0.5, 0.6) is 0 Å². The summed E-state index contributed by atoms with van der Waals surface area (Å²) in [5.41, 5.74) is 0.688. The number of aliphatic carboxylic acids is 2. The number of hydrogen-bond acceptors (Lipinski definition) is 4. The van der Waals surface area contributed by atoms with Gasteiger partial charge in [0.1, 0.15) is 12.3 Å². The van der Waals surface area contributed by atoms with E-state index >= 15 is 0 Å². The Morgan fingerprint density at radius 2 is 1.74 bits per heavy atom. The standard InChI is InChI=1S/C11H14N2O6/c14-8(15)4-3-7(10(18)6-1-2-6)13-11(19)12-5-9(16)17/h3,18H,1-2,4-5H2,(H,14,15)(H,16,17)(H2,12,13,19)/b7-3+. The zero-order valence-corrected chi connectivity index (χ0v) is 9.97. The van der Waals surface area contributed by atoms with Gasteiger partial charge in [0.2, 0.25) is 0 Å². The van der Waals surface area contributed by atoms with Gasteiger partial charge < -0.3 is 26.0 Å². The van der Waals surface area contributed by atoms with Gasteiger partial charge in [-0.25, -0.2) is 4.79 Å². The number of aliphatic hydroxyl groups excluding tert-OH is 1. The van der Waals surface area contributed by atoms with Crippen LogP contribution < -0.4 is 10.6 Å². The molecule has 0 spiro atoms. The van der Waals surface area contributed by atoms with Crippen LogP contribution in [0.3, 0.4) is 0 Å². The number of nitrogens with one attached hydrogen (secondary N) is 2. The number of amides is 2. The summed E-state index contributed by atoms with van der Waals surface area (Å²) in [5, 5.41) is 31.0. The number of carboxylic acids is 2. The van der Waals surface area contributed by atoms with Gasteiger partial charge in [0, 0.05) is 0 Å². The second-order valence-corrected chi connectivity index (χ2v) is 3.87. The highest BCUT2D eigenvalue weighted by Gasteiger charge is 2.21. The van der Waals surface area contributed by atoms with Crippen LogP contribution in [-0.4, -0.2) is 39.8 Å². The van der Waals surface area contributed by atoms with Crippen molar-refractivity contribution in [3.63, 3.8) is 0 Å². The van der Waals surface area contributed by atoms with Crippen molar-refractivity contribution in [3.8, 4) is 0 Å². The van der Waals surface area contributed by atoms with Crippen LogP contribution in [0.1, 0.15) is 19.3 Å². The fraction of sp³-hybridized carbons (Fsp3) is 0.364. The first kappa shape index (κ1) is 14.6. The van der Waals surface area contributed by atoms with E-state index in [1.54, 1.807) is 0 Å². The SMILES string of the molecule is O=C(O)C/C=C(/NC(=O)NCC(=O)O)C(O)=C1CC1. The van der Waals surface area contributed by atoms with Crippen molar-refractivity contribution >= 4 is 18.0 Å². The largest absolute Gasteiger partial charge is 0.506 e. The molecule has 1 rings (SSSR count). The summed E-state index contributed by atoms with van der Waals surface area (Å²) < 4.78 is 0. The number of rotatable bonds is 6. The van der Waals surface area contributed by atoms with Crippen molar-refractivity contribution in [1.29, 1.82) is 0 Å². The Kier molecular flexibility index (Phi) is 4.92. The maximum Gasteiger partial charge on any atom is 0.323 e. The summed E-state index contributed by atoms with van der Waals surface area (Å²) >= 11 is 0. The van der Waals surface area contributed by atoms with E-state index in [4.69, 9.17) is 10.2 Å². The van der Waals surface area contributed by atoms with Crippen molar-refractivity contribution in [2.75, 3.05) is 6.54 Å². The third kappa shape index (κ3) is 5.57. The highest BCUT2D eigenvalue weighted by molar-refractivity contribution is 5.81. The molecule has 0 saturated heterocycles. The van der Waals surface area contributed by atoms with Crippen molar-refractivity contribution in [3.05, 3.63) is 23.1 Å². The van der Waals surface area contributed by atoms with Gasteiger partial charge in [-0.1, -0.05) is 0 Å². The first-order chi connectivity index (χ1) is 8.90. The van der Waals surface area contributed by atoms with Crippen LogP contribution in [0.2, 0.25) is 0 Å². The molecule has 0 bridgehead atoms. The molecule has 0 aliphatic heterocycles. The molecule has 1 aliphatic carbocycles. The molecule has 19 heavy (non-hydrogen) atoms. The van der Waals surface area contributed by atoms with Gasteiger partial charge in [0.05, 0.1) is 12.1 Å². The monoisotopic (exact) mass is 270 g/mol. The molecule has 8 nitrogen and oxygen atoms in total. The third-order valence-electron chi connectivity index (χ3n) is 2.22. The zero-order chi connectivity index (χ0) is 14.4. The summed E-state index contributed by atoms with van der Waals surface area (Å²) in [4.78, 5) is 32.1. The molecule has 0 aromatic heterocycles. The van der Waals surface area contributed by atoms with Gasteiger partial charge in [-0.15, -0.1) is 0 Å². The van der Waals surface area contributed by atoms with E-state index in [0.717, 1.165) is 11.6 Å². The molecule has 1 aliphatic rings. The molecule has 0 unspecified atom stereocenters. The van der Waals surface area contributed by atoms with E-state index in [1.165, 1.54) is 0 Å². The van der Waals surface area contributed by atoms with E-state index < -0.39 is 24.5 Å². The van der Waals surface area contributed by atoms with Gasteiger partial charge in [-0.2, -0.15) is 0 Å². The molecule has 0 radical (unpaired) electrons. The Labute approximate surface area is 108 Å². The molecule has 5 N–H and O–H groups in total. The highest BCUT2D eigenvalue weighted by atomic mass is 16.4. The Morgan fingerprint density at radius 3 is 2.21 bits per heavy atom. The van der Waals surface area contributed by atoms with Gasteiger partial charge in [-0.3, -0.25) is 9.59 Å². The molecule has 0 heterocycles. The summed E-state index contributed by atoms with van der Waals surface area (Å²) in [6, 6.07) is -0.827. The number of hydrogen-bond donors (Lipinski definition) is 5. The van der Waals surface area contributed by atoms with Crippen LogP contribution in [0.25, 0.3) is 0 Å². The number of carbonyl (C=O) groups is 3. The molecule has 2 amide bonds. The molecule has 1 fully saturated rings. The van der Waals surface area contributed by atoms with Gasteiger partial charge in [0.25, 0.3) is 0 Å². The number of allylic oxidation sites excluding steroid dienone is 1. The zero-order valence-electron chi connectivity index (χ0n) is 9.97. The number of carboxylic acid groups (broad SMARTS) is 2. The van der Waals surface area contributed by atoms with E-state index in [2.05, 4.69) is 5.32 Å². The quantitative estimate of drug-likeness (QED) is 0.441. The van der Waals surface area contributed by atoms with E-state index in [-0.39, 0.29) is 17.9 Å². The Morgan fingerprint density at radius 1 is 1.11 bits per heavy atom. The fourth-order valence-corrected chi connectivity index (χ4v) is 1.21. The van der Waals surface area contributed by atoms with Crippen LogP contribution in [0.15, 0.2) is 23.1 Å². The van der Waals surface area contributed by atoms with Gasteiger partial charge in [-0.05, 0) is 24.5 Å². The molecule has 0 atom stereocenters. The molecular formula is C11H14N2O6. The maximum atomic E-state index is 11.3. The predicted molar refractivity (Wildman–Crippen MR) is 63.4 cm³/mol. The van der Waals surface area contributed by atoms with Crippen LogP contribution >= 0.6 is 0 Å². The average Bonchev–Trinajstić information content (AvgIpc) is 3.14. The number of carbonyl (C=O) groups excluding carboxylic acids is 1. The Hall–Kier alpha value is -2.51. The minimum Gasteiger partial charge on any atom is -0.506 e. The summed E-state index contributed by atoms with van der Waals surface area (Å²) in [7, 11) is 0. The Bertz CT molecular complexity index is 460. The van der Waals surface area contributed by atoms with E-state index in [0.29, 0.717) is 12.8 Å². The van der Waals surface area contributed by atoms with E-state index in [9.17, 15) is 19.5 Å². The predicted octanol–water partition coefficient (Wildman–Crippen LogP) is 0.335. The molecule has 8 heteroatoms. The summed E-state index contributed by atoms with van der Waals surface area (Å²) in [5.74, 6) is -2.48. The van der Waals surface area contributed by atoms with Crippen molar-refractivity contribution in [1.82, 2.24) is 10.6 Å². The van der Waals surface area contributed by atoms with Gasteiger partial charge in [0.15, 0.2) is 0 Å². The minimum absolute atomic E-state index is 0.0298. The van der Waals surface area contributed by atoms with Crippen molar-refractivity contribution in [2.45, 2.75) is 19.3 Å². The molecule has 104 valence electrons. The van der Waals surface area contributed by atoms with Crippen molar-refractivity contribution < 1.29 is 29.7 Å². The Balaban J connectivity index is 2.67. The van der Waals surface area contributed by atoms with Crippen LogP contribution in [-0.2, 0) is 9.59 Å². The normalized spacial score (nSPS) is 13.7. The highest BCUT2D eigenvalue weighted by Crippen LogP contribution is 2.32. The van der Waals surface area contributed by atoms with Crippen LogP contribution in [0, 0.1) is 0 Å². The first-order valence-electron chi connectivity index (χ1n) is 5.50. The van der Waals surface area contributed by atoms with Crippen molar-refractivity contribution in [2.24, 2.45) is 0 Å². The minimum atomic E-state index is -1.21. The lowest BCUT2D eigenvalue weighted by atomic mass is 10.2. The molecule has 1 saturated carbocycles. The van der Waals surface area contributed by atoms with E-state index in [1.807, 2.05) is 5.32 Å².